The van der Waals surface area contributed by atoms with E-state index in [9.17, 15) is 9.59 Å². The molecule has 0 unspecified atom stereocenters. The van der Waals surface area contributed by atoms with Crippen LogP contribution in [0.1, 0.15) is 30.4 Å². The third-order valence-electron chi connectivity index (χ3n) is 4.24. The Kier molecular flexibility index (Phi) is 6.35. The van der Waals surface area contributed by atoms with Crippen LogP contribution in [0.2, 0.25) is 0 Å². The van der Waals surface area contributed by atoms with Crippen LogP contribution in [0.25, 0.3) is 0 Å². The minimum Gasteiger partial charge on any atom is -0.354 e. The van der Waals surface area contributed by atoms with Gasteiger partial charge in [0, 0.05) is 46.6 Å². The maximum atomic E-state index is 11.8. The molecule has 24 heavy (non-hydrogen) atoms. The molecule has 1 aliphatic heterocycles. The van der Waals surface area contributed by atoms with Crippen molar-refractivity contribution >= 4 is 17.8 Å². The average molecular weight is 330 g/mol. The van der Waals surface area contributed by atoms with Crippen LogP contribution < -0.4 is 5.32 Å². The summed E-state index contributed by atoms with van der Waals surface area (Å²) in [6, 6.07) is 8.25. The van der Waals surface area contributed by atoms with Gasteiger partial charge in [0.25, 0.3) is 0 Å². The normalized spacial score (nSPS) is 15.6. The number of likely N-dealkylation sites (tertiary alicyclic amines) is 1. The first-order valence-electron chi connectivity index (χ1n) is 8.32. The standard InChI is InChI=1S/C18H26N4O2/c1-14-7-4-5-8-15(14)13-21(3)18(19-2)20-11-12-22-16(23)9-6-10-17(22)24/h4-5,7-8H,6,9-13H2,1-3H3,(H,19,20). The third kappa shape index (κ3) is 4.57. The minimum atomic E-state index is -0.0729. The monoisotopic (exact) mass is 330 g/mol. The van der Waals surface area contributed by atoms with E-state index in [2.05, 4.69) is 29.4 Å². The molecule has 2 rings (SSSR count). The number of imide groups is 1. The van der Waals surface area contributed by atoms with E-state index >= 15 is 0 Å². The van der Waals surface area contributed by atoms with Crippen molar-refractivity contribution in [2.45, 2.75) is 32.7 Å². The van der Waals surface area contributed by atoms with Gasteiger partial charge in [0.1, 0.15) is 0 Å². The van der Waals surface area contributed by atoms with Crippen LogP contribution >= 0.6 is 0 Å². The summed E-state index contributed by atoms with van der Waals surface area (Å²) in [7, 11) is 3.70. The fraction of sp³-hybridized carbons (Fsp3) is 0.500. The molecule has 130 valence electrons. The molecule has 0 aliphatic carbocycles. The molecule has 0 saturated carbocycles. The van der Waals surface area contributed by atoms with Gasteiger partial charge in [-0.15, -0.1) is 0 Å². The highest BCUT2D eigenvalue weighted by atomic mass is 16.2. The smallest absolute Gasteiger partial charge is 0.229 e. The van der Waals surface area contributed by atoms with Gasteiger partial charge < -0.3 is 10.2 Å². The summed E-state index contributed by atoms with van der Waals surface area (Å²) in [5.74, 6) is 0.600. The zero-order valence-electron chi connectivity index (χ0n) is 14.7. The summed E-state index contributed by atoms with van der Waals surface area (Å²) in [5, 5.41) is 3.23. The molecule has 1 aliphatic rings. The number of aliphatic imine (C=N–C) groups is 1. The van der Waals surface area contributed by atoms with E-state index in [0.29, 0.717) is 32.4 Å². The number of piperidine rings is 1. The lowest BCUT2D eigenvalue weighted by Crippen LogP contribution is -2.46. The number of carbonyl (C=O) groups excluding carboxylic acids is 2. The number of amides is 2. The molecule has 1 heterocycles. The van der Waals surface area contributed by atoms with E-state index in [-0.39, 0.29) is 11.8 Å². The summed E-state index contributed by atoms with van der Waals surface area (Å²) in [4.78, 5) is 31.3. The number of nitrogens with one attached hydrogen (secondary N) is 1. The molecule has 1 saturated heterocycles. The summed E-state index contributed by atoms with van der Waals surface area (Å²) < 4.78 is 0. The zero-order chi connectivity index (χ0) is 17.5. The number of carbonyl (C=O) groups is 2. The zero-order valence-corrected chi connectivity index (χ0v) is 14.7. The Labute approximate surface area is 143 Å². The molecule has 0 spiro atoms. The highest BCUT2D eigenvalue weighted by Crippen LogP contribution is 2.11. The molecule has 1 aromatic rings. The van der Waals surface area contributed by atoms with E-state index in [1.807, 2.05) is 24.1 Å². The Morgan fingerprint density at radius 2 is 1.92 bits per heavy atom. The van der Waals surface area contributed by atoms with Crippen molar-refractivity contribution in [3.63, 3.8) is 0 Å². The van der Waals surface area contributed by atoms with E-state index < -0.39 is 0 Å². The van der Waals surface area contributed by atoms with Crippen molar-refractivity contribution in [3.05, 3.63) is 35.4 Å². The molecular formula is C18H26N4O2. The highest BCUT2D eigenvalue weighted by Gasteiger charge is 2.25. The lowest BCUT2D eigenvalue weighted by Gasteiger charge is -2.27. The summed E-state index contributed by atoms with van der Waals surface area (Å²) in [5.41, 5.74) is 2.48. The topological polar surface area (TPSA) is 65.0 Å². The van der Waals surface area contributed by atoms with Crippen molar-refractivity contribution in [2.24, 2.45) is 4.99 Å². The van der Waals surface area contributed by atoms with Gasteiger partial charge >= 0.3 is 0 Å². The van der Waals surface area contributed by atoms with Gasteiger partial charge in [-0.2, -0.15) is 0 Å². The molecule has 6 heteroatoms. The fourth-order valence-electron chi connectivity index (χ4n) is 2.83. The van der Waals surface area contributed by atoms with E-state index in [0.717, 1.165) is 12.5 Å². The molecule has 0 aromatic heterocycles. The van der Waals surface area contributed by atoms with Gasteiger partial charge in [-0.25, -0.2) is 0 Å². The Bertz CT molecular complexity index is 611. The van der Waals surface area contributed by atoms with Crippen molar-refractivity contribution in [1.29, 1.82) is 0 Å². The van der Waals surface area contributed by atoms with E-state index in [1.165, 1.54) is 16.0 Å². The molecule has 0 bridgehead atoms. The number of nitrogens with zero attached hydrogens (tertiary/aromatic N) is 3. The average Bonchev–Trinajstić information content (AvgIpc) is 2.56. The van der Waals surface area contributed by atoms with Crippen LogP contribution in [-0.4, -0.2) is 54.8 Å². The van der Waals surface area contributed by atoms with E-state index in [1.54, 1.807) is 7.05 Å². The Morgan fingerprint density at radius 3 is 2.54 bits per heavy atom. The first-order chi connectivity index (χ1) is 11.5. The number of aryl methyl sites for hydroxylation is 1. The lowest BCUT2D eigenvalue weighted by atomic mass is 10.1. The molecule has 1 fully saturated rings. The number of rotatable bonds is 5. The van der Waals surface area contributed by atoms with Gasteiger partial charge in [0.2, 0.25) is 11.8 Å². The van der Waals surface area contributed by atoms with Gasteiger partial charge in [0.15, 0.2) is 5.96 Å². The molecule has 1 aromatic carbocycles. The van der Waals surface area contributed by atoms with Crippen LogP contribution in [0.4, 0.5) is 0 Å². The Balaban J connectivity index is 1.87. The van der Waals surface area contributed by atoms with Crippen molar-refractivity contribution in [2.75, 3.05) is 27.2 Å². The molecule has 0 radical (unpaired) electrons. The van der Waals surface area contributed by atoms with Gasteiger partial charge in [0.05, 0.1) is 0 Å². The quantitative estimate of drug-likeness (QED) is 0.505. The highest BCUT2D eigenvalue weighted by molar-refractivity contribution is 5.97. The number of benzene rings is 1. The lowest BCUT2D eigenvalue weighted by molar-refractivity contribution is -0.147. The number of hydrogen-bond donors (Lipinski definition) is 1. The largest absolute Gasteiger partial charge is 0.354 e. The molecule has 0 atom stereocenters. The summed E-state index contributed by atoms with van der Waals surface area (Å²) >= 11 is 0. The Hall–Kier alpha value is -2.37. The molecule has 1 N–H and O–H groups in total. The molecule has 2 amide bonds. The van der Waals surface area contributed by atoms with Crippen molar-refractivity contribution in [1.82, 2.24) is 15.1 Å². The van der Waals surface area contributed by atoms with Crippen LogP contribution in [0.3, 0.4) is 0 Å². The van der Waals surface area contributed by atoms with Gasteiger partial charge in [-0.3, -0.25) is 19.5 Å². The SMILES string of the molecule is CN=C(NCCN1C(=O)CCCC1=O)N(C)Cc1ccccc1C. The first-order valence-corrected chi connectivity index (χ1v) is 8.32. The van der Waals surface area contributed by atoms with Gasteiger partial charge in [-0.1, -0.05) is 24.3 Å². The summed E-state index contributed by atoms with van der Waals surface area (Å²) in [6.45, 7) is 3.72. The predicted molar refractivity (Wildman–Crippen MR) is 94.6 cm³/mol. The summed E-state index contributed by atoms with van der Waals surface area (Å²) in [6.07, 6.45) is 1.60. The third-order valence-corrected chi connectivity index (χ3v) is 4.24. The molecule has 6 nitrogen and oxygen atoms in total. The van der Waals surface area contributed by atoms with Gasteiger partial charge in [-0.05, 0) is 24.5 Å². The first kappa shape index (κ1) is 18.0. The maximum Gasteiger partial charge on any atom is 0.229 e. The fourth-order valence-corrected chi connectivity index (χ4v) is 2.83. The van der Waals surface area contributed by atoms with Crippen molar-refractivity contribution < 1.29 is 9.59 Å². The number of guanidine groups is 1. The second-order valence-electron chi connectivity index (χ2n) is 6.05. The second-order valence-corrected chi connectivity index (χ2v) is 6.05. The van der Waals surface area contributed by atoms with Crippen LogP contribution in [-0.2, 0) is 16.1 Å². The predicted octanol–water partition coefficient (Wildman–Crippen LogP) is 1.54. The van der Waals surface area contributed by atoms with Crippen LogP contribution in [0, 0.1) is 6.92 Å². The van der Waals surface area contributed by atoms with Crippen molar-refractivity contribution in [3.8, 4) is 0 Å². The Morgan fingerprint density at radius 1 is 1.25 bits per heavy atom. The maximum absolute atomic E-state index is 11.8. The minimum absolute atomic E-state index is 0.0729. The molecular weight excluding hydrogens is 304 g/mol. The van der Waals surface area contributed by atoms with E-state index in [4.69, 9.17) is 0 Å². The number of hydrogen-bond acceptors (Lipinski definition) is 3. The second kappa shape index (κ2) is 8.47. The van der Waals surface area contributed by atoms with Crippen LogP contribution in [0.15, 0.2) is 29.3 Å². The van der Waals surface area contributed by atoms with Crippen LogP contribution in [0.5, 0.6) is 0 Å².